The van der Waals surface area contributed by atoms with E-state index in [-0.39, 0.29) is 44.0 Å². The van der Waals surface area contributed by atoms with Crippen LogP contribution in [0.4, 0.5) is 0 Å². The summed E-state index contributed by atoms with van der Waals surface area (Å²) < 4.78 is 16.6. The van der Waals surface area contributed by atoms with Gasteiger partial charge >= 0.3 is 17.9 Å². The topological polar surface area (TPSA) is 78.9 Å². The molecule has 63 heavy (non-hydrogen) atoms. The molecule has 0 radical (unpaired) electrons. The van der Waals surface area contributed by atoms with E-state index in [2.05, 4.69) is 130 Å². The lowest BCUT2D eigenvalue weighted by atomic mass is 10.1. The molecule has 0 amide bonds. The molecule has 0 rings (SSSR count). The van der Waals surface area contributed by atoms with Crippen molar-refractivity contribution in [2.45, 2.75) is 181 Å². The van der Waals surface area contributed by atoms with Crippen LogP contribution in [0.2, 0.25) is 0 Å². The largest absolute Gasteiger partial charge is 0.462 e. The summed E-state index contributed by atoms with van der Waals surface area (Å²) in [5, 5.41) is 0. The second-order valence-corrected chi connectivity index (χ2v) is 15.4. The molecule has 0 aromatic heterocycles. The maximum atomic E-state index is 12.8. The van der Waals surface area contributed by atoms with Crippen molar-refractivity contribution in [3.63, 3.8) is 0 Å². The van der Waals surface area contributed by atoms with E-state index in [0.717, 1.165) is 116 Å². The molecule has 0 saturated heterocycles. The molecule has 6 nitrogen and oxygen atoms in total. The second kappa shape index (κ2) is 49.9. The van der Waals surface area contributed by atoms with Gasteiger partial charge < -0.3 is 14.2 Å². The van der Waals surface area contributed by atoms with Crippen molar-refractivity contribution in [1.29, 1.82) is 0 Å². The molecule has 1 atom stereocenters. The maximum Gasteiger partial charge on any atom is 0.306 e. The molecule has 0 aliphatic heterocycles. The minimum Gasteiger partial charge on any atom is -0.462 e. The van der Waals surface area contributed by atoms with Crippen molar-refractivity contribution in [1.82, 2.24) is 0 Å². The molecule has 0 fully saturated rings. The van der Waals surface area contributed by atoms with Gasteiger partial charge in [-0.3, -0.25) is 14.4 Å². The van der Waals surface area contributed by atoms with Gasteiger partial charge in [-0.15, -0.1) is 0 Å². The molecule has 1 unspecified atom stereocenters. The van der Waals surface area contributed by atoms with Crippen molar-refractivity contribution >= 4 is 17.9 Å². The number of esters is 3. The Labute approximate surface area is 385 Å². The van der Waals surface area contributed by atoms with Crippen molar-refractivity contribution in [3.8, 4) is 0 Å². The van der Waals surface area contributed by atoms with Gasteiger partial charge in [-0.25, -0.2) is 0 Å². The minimum atomic E-state index is -0.837. The van der Waals surface area contributed by atoms with Crippen LogP contribution in [0.5, 0.6) is 0 Å². The molecule has 0 N–H and O–H groups in total. The number of carbonyl (C=O) groups excluding carboxylic acids is 3. The molecule has 0 spiro atoms. The van der Waals surface area contributed by atoms with Crippen LogP contribution in [0, 0.1) is 0 Å². The Kier molecular flexibility index (Phi) is 46.2. The Bertz CT molecular complexity index is 1460. The predicted octanol–water partition coefficient (Wildman–Crippen LogP) is 16.1. The zero-order valence-corrected chi connectivity index (χ0v) is 39.8. The second-order valence-electron chi connectivity index (χ2n) is 15.4. The third-order valence-corrected chi connectivity index (χ3v) is 9.44. The van der Waals surface area contributed by atoms with E-state index in [1.807, 2.05) is 36.5 Å². The Morgan fingerprint density at radius 3 is 1.25 bits per heavy atom. The van der Waals surface area contributed by atoms with Gasteiger partial charge in [0.05, 0.1) is 0 Å². The molecule has 0 heterocycles. The number of hydrogen-bond acceptors (Lipinski definition) is 6. The van der Waals surface area contributed by atoms with Crippen molar-refractivity contribution in [2.75, 3.05) is 13.2 Å². The summed E-state index contributed by atoms with van der Waals surface area (Å²) in [5.74, 6) is -1.08. The highest BCUT2D eigenvalue weighted by molar-refractivity contribution is 5.71. The number of ether oxygens (including phenoxy) is 3. The highest BCUT2D eigenvalue weighted by atomic mass is 16.6. The molecule has 0 aliphatic rings. The average molecular weight is 867 g/mol. The summed E-state index contributed by atoms with van der Waals surface area (Å²) in [4.78, 5) is 37.8. The van der Waals surface area contributed by atoms with Crippen molar-refractivity contribution in [3.05, 3.63) is 146 Å². The number of unbranched alkanes of at least 4 members (excludes halogenated alkanes) is 10. The maximum absolute atomic E-state index is 12.8. The summed E-state index contributed by atoms with van der Waals surface area (Å²) in [6, 6.07) is 0. The normalized spacial score (nSPS) is 13.4. The summed E-state index contributed by atoms with van der Waals surface area (Å²) in [6.45, 7) is 6.18. The van der Waals surface area contributed by atoms with E-state index < -0.39 is 6.10 Å². The van der Waals surface area contributed by atoms with Gasteiger partial charge in [0.15, 0.2) is 6.10 Å². The molecular weight excluding hydrogens is 781 g/mol. The Morgan fingerprint density at radius 2 is 0.730 bits per heavy atom. The summed E-state index contributed by atoms with van der Waals surface area (Å²) in [7, 11) is 0. The Hall–Kier alpha value is -4.71. The molecule has 0 aromatic carbocycles. The highest BCUT2D eigenvalue weighted by Crippen LogP contribution is 2.11. The fourth-order valence-corrected chi connectivity index (χ4v) is 5.81. The van der Waals surface area contributed by atoms with E-state index >= 15 is 0 Å². The van der Waals surface area contributed by atoms with Crippen LogP contribution in [-0.4, -0.2) is 37.2 Å². The van der Waals surface area contributed by atoms with Crippen LogP contribution in [0.3, 0.4) is 0 Å². The van der Waals surface area contributed by atoms with E-state index in [1.165, 1.54) is 12.8 Å². The smallest absolute Gasteiger partial charge is 0.306 e. The molecule has 350 valence electrons. The lowest BCUT2D eigenvalue weighted by Gasteiger charge is -2.18. The standard InChI is InChI=1S/C57H86O6/c1-4-7-10-13-16-19-22-24-26-27-28-29-31-32-35-38-41-44-47-50-56(59)62-53-54(52-61-55(58)49-46-43-40-37-34-21-18-15-12-9-6-3)63-57(60)51-48-45-42-39-36-33-30-25-23-20-17-14-11-8-5-2/h7-8,10-11,14-21,23-26,28-30,32,34-35,41,44,54H,4-6,9,12-13,22,27,31,33,36-40,42-43,45-53H2,1-3H3/b10-7-,11-8-,17-14-,18-15-,19-16-,23-20-,26-24-,29-28-,30-25-,34-21-,35-32-,44-41-. The van der Waals surface area contributed by atoms with Crippen LogP contribution in [0.1, 0.15) is 175 Å². The first-order valence-corrected chi connectivity index (χ1v) is 24.4. The summed E-state index contributed by atoms with van der Waals surface area (Å²) in [6.07, 6.45) is 71.3. The fraction of sp³-hybridized carbons (Fsp3) is 0.526. The van der Waals surface area contributed by atoms with E-state index in [4.69, 9.17) is 14.2 Å². The van der Waals surface area contributed by atoms with E-state index in [9.17, 15) is 14.4 Å². The van der Waals surface area contributed by atoms with Gasteiger partial charge in [-0.2, -0.15) is 0 Å². The van der Waals surface area contributed by atoms with Crippen LogP contribution in [0.25, 0.3) is 0 Å². The molecule has 0 aromatic rings. The Morgan fingerprint density at radius 1 is 0.349 bits per heavy atom. The molecule has 0 saturated carbocycles. The van der Waals surface area contributed by atoms with E-state index in [0.29, 0.717) is 12.8 Å². The monoisotopic (exact) mass is 867 g/mol. The third-order valence-electron chi connectivity index (χ3n) is 9.44. The number of allylic oxidation sites excluding steroid dienone is 24. The highest BCUT2D eigenvalue weighted by Gasteiger charge is 2.19. The molecule has 0 bridgehead atoms. The number of carbonyl (C=O) groups is 3. The zero-order valence-electron chi connectivity index (χ0n) is 39.8. The quantitative estimate of drug-likeness (QED) is 0.0200. The fourth-order valence-electron chi connectivity index (χ4n) is 5.81. The van der Waals surface area contributed by atoms with Crippen LogP contribution >= 0.6 is 0 Å². The summed E-state index contributed by atoms with van der Waals surface area (Å²) >= 11 is 0. The summed E-state index contributed by atoms with van der Waals surface area (Å²) in [5.41, 5.74) is 0. The van der Waals surface area contributed by atoms with Crippen LogP contribution < -0.4 is 0 Å². The van der Waals surface area contributed by atoms with Gasteiger partial charge in [0, 0.05) is 19.3 Å². The number of hydrogen-bond donors (Lipinski definition) is 0. The number of rotatable bonds is 41. The van der Waals surface area contributed by atoms with Gasteiger partial charge in [-0.1, -0.05) is 205 Å². The SMILES string of the molecule is CC\C=C/C=C\C=C/C=C\CCCCCCCC(=O)OC(COC(=O)CC/C=C\C/C=C\C/C=C\C/C=C\C/C=C\C/C=C\CC)COC(=O)CCCCC/C=C\C=C/CCCC. The van der Waals surface area contributed by atoms with Gasteiger partial charge in [0.25, 0.3) is 0 Å². The lowest BCUT2D eigenvalue weighted by Crippen LogP contribution is -2.30. The molecule has 0 aliphatic carbocycles. The van der Waals surface area contributed by atoms with Crippen LogP contribution in [-0.2, 0) is 28.6 Å². The first kappa shape index (κ1) is 58.3. The van der Waals surface area contributed by atoms with Gasteiger partial charge in [-0.05, 0) is 96.3 Å². The minimum absolute atomic E-state index is 0.132. The van der Waals surface area contributed by atoms with E-state index in [1.54, 1.807) is 0 Å². The van der Waals surface area contributed by atoms with Crippen molar-refractivity contribution < 1.29 is 28.6 Å². The van der Waals surface area contributed by atoms with Crippen molar-refractivity contribution in [2.24, 2.45) is 0 Å². The first-order chi connectivity index (χ1) is 31.0. The predicted molar refractivity (Wildman–Crippen MR) is 269 cm³/mol. The zero-order chi connectivity index (χ0) is 45.8. The van der Waals surface area contributed by atoms with Crippen LogP contribution in [0.15, 0.2) is 146 Å². The third kappa shape index (κ3) is 48.2. The van der Waals surface area contributed by atoms with Gasteiger partial charge in [0.2, 0.25) is 0 Å². The molecule has 6 heteroatoms. The molecular formula is C57H86O6. The average Bonchev–Trinajstić information content (AvgIpc) is 3.28. The lowest BCUT2D eigenvalue weighted by molar-refractivity contribution is -0.166. The Balaban J connectivity index is 4.60. The first-order valence-electron chi connectivity index (χ1n) is 24.4. The van der Waals surface area contributed by atoms with Gasteiger partial charge in [0.1, 0.15) is 13.2 Å².